The Morgan fingerprint density at radius 2 is 2.00 bits per heavy atom. The Morgan fingerprint density at radius 3 is 2.83 bits per heavy atom. The fourth-order valence-corrected chi connectivity index (χ4v) is 3.04. The molecule has 0 spiro atoms. The van der Waals surface area contributed by atoms with Crippen LogP contribution in [0.1, 0.15) is 22.5 Å². The number of nitriles is 1. The molecular weight excluding hydrogens is 365 g/mol. The lowest BCUT2D eigenvalue weighted by Gasteiger charge is -2.08. The topological polar surface area (TPSA) is 61.7 Å². The number of ether oxygens (including phenoxy) is 1. The summed E-state index contributed by atoms with van der Waals surface area (Å²) in [6, 6.07) is 22.0. The molecule has 0 saturated heterocycles. The summed E-state index contributed by atoms with van der Waals surface area (Å²) in [4.78, 5) is 7.71. The van der Waals surface area contributed by atoms with E-state index < -0.39 is 0 Å². The number of aromatic nitrogens is 2. The molecule has 0 unspecified atom stereocenters. The highest BCUT2D eigenvalue weighted by Crippen LogP contribution is 2.22. The van der Waals surface area contributed by atoms with E-state index in [1.807, 2.05) is 43.3 Å². The number of fused-ring (bicyclic) bond motifs is 1. The van der Waals surface area contributed by atoms with E-state index >= 15 is 0 Å². The summed E-state index contributed by atoms with van der Waals surface area (Å²) in [5.41, 5.74) is 4.53. The van der Waals surface area contributed by atoms with Crippen LogP contribution in [0.2, 0.25) is 0 Å². The molecule has 0 saturated carbocycles. The lowest BCUT2D eigenvalue weighted by Crippen LogP contribution is -1.98. The van der Waals surface area contributed by atoms with Crippen molar-refractivity contribution in [3.8, 4) is 11.8 Å². The van der Waals surface area contributed by atoms with E-state index in [9.17, 15) is 9.65 Å². The first-order chi connectivity index (χ1) is 14.1. The SMILES string of the molecule is Cc1ccc2nc(/C(C#N)=C\c3cccc(OCc4ccccc4F)c3)[nH]c2c1. The van der Waals surface area contributed by atoms with Crippen molar-refractivity contribution in [2.45, 2.75) is 13.5 Å². The number of aromatic amines is 1. The number of imidazole rings is 1. The molecule has 142 valence electrons. The second-order valence-corrected chi connectivity index (χ2v) is 6.73. The Labute approximate surface area is 167 Å². The maximum Gasteiger partial charge on any atom is 0.149 e. The Kier molecular flexibility index (Phi) is 5.08. The van der Waals surface area contributed by atoms with E-state index in [-0.39, 0.29) is 12.4 Å². The average Bonchev–Trinajstić information content (AvgIpc) is 3.14. The summed E-state index contributed by atoms with van der Waals surface area (Å²) in [6.45, 7) is 2.14. The third kappa shape index (κ3) is 4.17. The fraction of sp³-hybridized carbons (Fsp3) is 0.0833. The zero-order chi connectivity index (χ0) is 20.2. The van der Waals surface area contributed by atoms with Crippen molar-refractivity contribution in [2.75, 3.05) is 0 Å². The van der Waals surface area contributed by atoms with E-state index in [2.05, 4.69) is 16.0 Å². The van der Waals surface area contributed by atoms with Crippen LogP contribution in [0.3, 0.4) is 0 Å². The number of allylic oxidation sites excluding steroid dienone is 1. The van der Waals surface area contributed by atoms with Gasteiger partial charge in [-0.15, -0.1) is 0 Å². The number of halogens is 1. The van der Waals surface area contributed by atoms with Gasteiger partial charge >= 0.3 is 0 Å². The molecule has 0 fully saturated rings. The van der Waals surface area contributed by atoms with Crippen molar-refractivity contribution in [3.63, 3.8) is 0 Å². The second kappa shape index (κ2) is 7.99. The molecule has 5 heteroatoms. The van der Waals surface area contributed by atoms with Crippen LogP contribution in [0.5, 0.6) is 5.75 Å². The van der Waals surface area contributed by atoms with Crippen molar-refractivity contribution in [1.29, 1.82) is 5.26 Å². The second-order valence-electron chi connectivity index (χ2n) is 6.73. The van der Waals surface area contributed by atoms with Crippen molar-refractivity contribution in [3.05, 3.63) is 95.1 Å². The van der Waals surface area contributed by atoms with Crippen LogP contribution in [0.15, 0.2) is 66.7 Å². The molecule has 0 amide bonds. The highest BCUT2D eigenvalue weighted by molar-refractivity contribution is 5.90. The minimum atomic E-state index is -0.296. The molecule has 4 rings (SSSR count). The third-order valence-electron chi connectivity index (χ3n) is 4.53. The van der Waals surface area contributed by atoms with E-state index in [1.165, 1.54) is 6.07 Å². The van der Waals surface area contributed by atoms with Crippen molar-refractivity contribution in [2.24, 2.45) is 0 Å². The van der Waals surface area contributed by atoms with Crippen LogP contribution in [0.25, 0.3) is 22.7 Å². The van der Waals surface area contributed by atoms with E-state index in [1.54, 1.807) is 30.3 Å². The van der Waals surface area contributed by atoms with Crippen LogP contribution in [-0.2, 0) is 6.61 Å². The maximum absolute atomic E-state index is 13.8. The molecule has 0 radical (unpaired) electrons. The van der Waals surface area contributed by atoms with Gasteiger partial charge in [-0.1, -0.05) is 36.4 Å². The average molecular weight is 383 g/mol. The zero-order valence-corrected chi connectivity index (χ0v) is 15.8. The quantitative estimate of drug-likeness (QED) is 0.453. The molecule has 4 aromatic rings. The van der Waals surface area contributed by atoms with Crippen LogP contribution in [0.4, 0.5) is 4.39 Å². The molecule has 0 bridgehead atoms. The largest absolute Gasteiger partial charge is 0.489 e. The lowest BCUT2D eigenvalue weighted by atomic mass is 10.1. The normalized spacial score (nSPS) is 11.4. The van der Waals surface area contributed by atoms with Gasteiger partial charge in [0.2, 0.25) is 0 Å². The smallest absolute Gasteiger partial charge is 0.149 e. The molecule has 0 aliphatic rings. The number of H-pyrrole nitrogens is 1. The summed E-state index contributed by atoms with van der Waals surface area (Å²) in [7, 11) is 0. The summed E-state index contributed by atoms with van der Waals surface area (Å²) < 4.78 is 19.5. The molecule has 1 heterocycles. The van der Waals surface area contributed by atoms with E-state index in [0.29, 0.717) is 22.7 Å². The first kappa shape index (κ1) is 18.5. The van der Waals surface area contributed by atoms with Gasteiger partial charge in [-0.3, -0.25) is 0 Å². The standard InChI is InChI=1S/C24H18FN3O/c1-16-9-10-22-23(11-16)28-24(27-22)19(14-26)12-17-5-4-7-20(13-17)29-15-18-6-2-3-8-21(18)25/h2-13H,15H2,1H3,(H,27,28)/b19-12-. The maximum atomic E-state index is 13.8. The van der Waals surface area contributed by atoms with Gasteiger partial charge in [0.1, 0.15) is 30.1 Å². The van der Waals surface area contributed by atoms with Gasteiger partial charge in [0.25, 0.3) is 0 Å². The van der Waals surface area contributed by atoms with Crippen LogP contribution in [-0.4, -0.2) is 9.97 Å². The van der Waals surface area contributed by atoms with E-state index in [0.717, 1.165) is 22.2 Å². The molecule has 1 aromatic heterocycles. The first-order valence-electron chi connectivity index (χ1n) is 9.17. The van der Waals surface area contributed by atoms with Gasteiger partial charge in [0.15, 0.2) is 0 Å². The first-order valence-corrected chi connectivity index (χ1v) is 9.17. The molecule has 3 aromatic carbocycles. The molecule has 0 aliphatic heterocycles. The Morgan fingerprint density at radius 1 is 1.14 bits per heavy atom. The van der Waals surface area contributed by atoms with Gasteiger partial charge in [-0.2, -0.15) is 5.26 Å². The van der Waals surface area contributed by atoms with Crippen LogP contribution < -0.4 is 4.74 Å². The van der Waals surface area contributed by atoms with Crippen molar-refractivity contribution < 1.29 is 9.13 Å². The third-order valence-corrected chi connectivity index (χ3v) is 4.53. The summed E-state index contributed by atoms with van der Waals surface area (Å²) in [6.07, 6.45) is 1.75. The van der Waals surface area contributed by atoms with E-state index in [4.69, 9.17) is 4.74 Å². The summed E-state index contributed by atoms with van der Waals surface area (Å²) in [5, 5.41) is 9.62. The zero-order valence-electron chi connectivity index (χ0n) is 15.8. The number of hydrogen-bond acceptors (Lipinski definition) is 3. The predicted octanol–water partition coefficient (Wildman–Crippen LogP) is 5.65. The van der Waals surface area contributed by atoms with Gasteiger partial charge < -0.3 is 9.72 Å². The molecule has 0 atom stereocenters. The Hall–Kier alpha value is -3.91. The monoisotopic (exact) mass is 383 g/mol. The van der Waals surface area contributed by atoms with Crippen LogP contribution >= 0.6 is 0 Å². The highest BCUT2D eigenvalue weighted by Gasteiger charge is 2.09. The minimum absolute atomic E-state index is 0.133. The summed E-state index contributed by atoms with van der Waals surface area (Å²) in [5.74, 6) is 0.820. The Balaban J connectivity index is 1.58. The lowest BCUT2D eigenvalue weighted by molar-refractivity contribution is 0.300. The number of rotatable bonds is 5. The highest BCUT2D eigenvalue weighted by atomic mass is 19.1. The van der Waals surface area contributed by atoms with Crippen molar-refractivity contribution in [1.82, 2.24) is 9.97 Å². The fourth-order valence-electron chi connectivity index (χ4n) is 3.04. The predicted molar refractivity (Wildman–Crippen MR) is 111 cm³/mol. The van der Waals surface area contributed by atoms with Gasteiger partial charge in [-0.05, 0) is 54.5 Å². The number of nitrogens with zero attached hydrogens (tertiary/aromatic N) is 2. The number of nitrogens with one attached hydrogen (secondary N) is 1. The van der Waals surface area contributed by atoms with Gasteiger partial charge in [0, 0.05) is 5.56 Å². The molecule has 29 heavy (non-hydrogen) atoms. The number of hydrogen-bond donors (Lipinski definition) is 1. The van der Waals surface area contributed by atoms with Crippen LogP contribution in [0, 0.1) is 24.1 Å². The van der Waals surface area contributed by atoms with Gasteiger partial charge in [0.05, 0.1) is 16.6 Å². The molecule has 0 aliphatic carbocycles. The molecule has 4 nitrogen and oxygen atoms in total. The molecule has 1 N–H and O–H groups in total. The number of benzene rings is 3. The minimum Gasteiger partial charge on any atom is -0.489 e. The van der Waals surface area contributed by atoms with Crippen molar-refractivity contribution >= 4 is 22.7 Å². The Bertz CT molecular complexity index is 1250. The number of aryl methyl sites for hydroxylation is 1. The van der Waals surface area contributed by atoms with Gasteiger partial charge in [-0.25, -0.2) is 9.37 Å². The molecular formula is C24H18FN3O. The summed E-state index contributed by atoms with van der Waals surface area (Å²) >= 11 is 0.